The SMILES string of the molecule is CC(=O)/C=C(/C)O.CC(C)(C)N1C=CN(c2[c-]cccc2)[CH-]1.[Ir+3].[c-]1ccccc1-c1nccc2ccccc12. The summed E-state index contributed by atoms with van der Waals surface area (Å²) >= 11 is 0. The first-order valence-electron chi connectivity index (χ1n) is 12.4. The van der Waals surface area contributed by atoms with E-state index in [9.17, 15) is 4.79 Å². The summed E-state index contributed by atoms with van der Waals surface area (Å²) in [6.07, 6.45) is 7.15. The molecule has 0 amide bonds. The van der Waals surface area contributed by atoms with Crippen LogP contribution in [0.15, 0.2) is 109 Å². The Labute approximate surface area is 245 Å². The van der Waals surface area contributed by atoms with Crippen molar-refractivity contribution in [2.75, 3.05) is 4.90 Å². The third-order valence-electron chi connectivity index (χ3n) is 5.43. The van der Waals surface area contributed by atoms with Crippen molar-refractivity contribution in [3.8, 4) is 11.3 Å². The Kier molecular flexibility index (Phi) is 12.1. The van der Waals surface area contributed by atoms with Gasteiger partial charge in [-0.25, -0.2) is 0 Å². The summed E-state index contributed by atoms with van der Waals surface area (Å²) < 4.78 is 0. The van der Waals surface area contributed by atoms with Gasteiger partial charge in [0, 0.05) is 17.8 Å². The molecule has 0 fully saturated rings. The van der Waals surface area contributed by atoms with Gasteiger partial charge in [0.25, 0.3) is 0 Å². The number of carbonyl (C=O) groups is 1. The largest absolute Gasteiger partial charge is 3.00 e. The maximum absolute atomic E-state index is 10.0. The number of rotatable bonds is 3. The van der Waals surface area contributed by atoms with Crippen molar-refractivity contribution >= 4 is 22.2 Å². The molecule has 0 atom stereocenters. The monoisotopic (exact) mass is 697 g/mol. The Balaban J connectivity index is 0.000000218. The van der Waals surface area contributed by atoms with Crippen LogP contribution in [0, 0.1) is 18.8 Å². The van der Waals surface area contributed by atoms with E-state index < -0.39 is 0 Å². The van der Waals surface area contributed by atoms with Crippen molar-refractivity contribution in [3.63, 3.8) is 0 Å². The number of aromatic nitrogens is 1. The van der Waals surface area contributed by atoms with E-state index >= 15 is 0 Å². The molecule has 0 spiro atoms. The van der Waals surface area contributed by atoms with Crippen LogP contribution in [0.2, 0.25) is 0 Å². The normalized spacial score (nSPS) is 12.6. The summed E-state index contributed by atoms with van der Waals surface area (Å²) in [5, 5.41) is 10.7. The smallest absolute Gasteiger partial charge is 0.512 e. The predicted molar refractivity (Wildman–Crippen MR) is 156 cm³/mol. The Hall–Kier alpha value is -3.73. The maximum Gasteiger partial charge on any atom is 3.00 e. The summed E-state index contributed by atoms with van der Waals surface area (Å²) in [5.41, 5.74) is 3.23. The third kappa shape index (κ3) is 9.82. The first-order chi connectivity index (χ1) is 18.1. The van der Waals surface area contributed by atoms with Crippen molar-refractivity contribution in [1.29, 1.82) is 0 Å². The molecule has 1 aliphatic heterocycles. The van der Waals surface area contributed by atoms with Crippen molar-refractivity contribution in [1.82, 2.24) is 9.88 Å². The molecular formula is C33H34IrN3O2. The second kappa shape index (κ2) is 15.0. The van der Waals surface area contributed by atoms with E-state index in [4.69, 9.17) is 5.11 Å². The number of carbonyl (C=O) groups excluding carboxylic acids is 1. The standard InChI is InChI=1S/C15H10N.C13H16N2.C5H8O2.Ir/c1-2-7-13(8-3-1)15-14-9-5-4-6-12(14)10-11-16-15;1-13(2,3)15-10-9-14(11-15)12-7-5-4-6-8-12;1-4(6)3-5(2)7;/h1-7,9-11H;4-7,9-11H,1-3H3;3,6H,1-2H3;/q-1;-2;;+3/b;;4-3-;. The van der Waals surface area contributed by atoms with Gasteiger partial charge in [-0.3, -0.25) is 4.79 Å². The molecule has 0 saturated heterocycles. The Bertz CT molecular complexity index is 1370. The van der Waals surface area contributed by atoms with Crippen LogP contribution in [0.1, 0.15) is 34.6 Å². The number of nitrogens with zero attached hydrogens (tertiary/aromatic N) is 3. The van der Waals surface area contributed by atoms with Crippen LogP contribution in [-0.2, 0) is 24.9 Å². The van der Waals surface area contributed by atoms with Crippen LogP contribution in [0.3, 0.4) is 0 Å². The zero-order valence-corrected chi connectivity index (χ0v) is 25.3. The zero-order chi connectivity index (χ0) is 27.5. The molecule has 39 heavy (non-hydrogen) atoms. The number of hydrogen-bond donors (Lipinski definition) is 1. The molecule has 0 aliphatic carbocycles. The molecule has 0 bridgehead atoms. The molecule has 202 valence electrons. The maximum atomic E-state index is 10.0. The average Bonchev–Trinajstić information content (AvgIpc) is 3.41. The van der Waals surface area contributed by atoms with E-state index in [2.05, 4.69) is 78.9 Å². The van der Waals surface area contributed by atoms with Crippen LogP contribution in [-0.4, -0.2) is 26.3 Å². The molecule has 0 saturated carbocycles. The van der Waals surface area contributed by atoms with Crippen LogP contribution in [0.5, 0.6) is 0 Å². The number of para-hydroxylation sites is 1. The first kappa shape index (κ1) is 31.5. The molecule has 5 rings (SSSR count). The first-order valence-corrected chi connectivity index (χ1v) is 12.4. The van der Waals surface area contributed by atoms with Crippen molar-refractivity contribution < 1.29 is 30.0 Å². The minimum Gasteiger partial charge on any atom is -0.512 e. The molecule has 1 aliphatic rings. The summed E-state index contributed by atoms with van der Waals surface area (Å²) in [7, 11) is 0. The molecule has 4 aromatic rings. The molecule has 3 aromatic carbocycles. The minimum atomic E-state index is -0.125. The number of pyridine rings is 1. The summed E-state index contributed by atoms with van der Waals surface area (Å²) in [5.74, 6) is -0.0625. The number of aliphatic hydroxyl groups excluding tert-OH is 1. The van der Waals surface area contributed by atoms with Gasteiger partial charge in [0.05, 0.1) is 5.76 Å². The van der Waals surface area contributed by atoms with E-state index in [0.29, 0.717) is 0 Å². The molecule has 6 heteroatoms. The molecule has 2 heterocycles. The fraction of sp³-hybridized carbons (Fsp3) is 0.182. The fourth-order valence-electron chi connectivity index (χ4n) is 3.61. The van der Waals surface area contributed by atoms with Gasteiger partial charge in [-0.15, -0.1) is 41.6 Å². The van der Waals surface area contributed by atoms with Crippen molar-refractivity contribution in [2.24, 2.45) is 0 Å². The predicted octanol–water partition coefficient (Wildman–Crippen LogP) is 7.73. The number of benzene rings is 3. The fourth-order valence-corrected chi connectivity index (χ4v) is 3.61. The van der Waals surface area contributed by atoms with E-state index in [0.717, 1.165) is 16.9 Å². The molecule has 0 unspecified atom stereocenters. The Morgan fingerprint density at radius 2 is 1.59 bits per heavy atom. The van der Waals surface area contributed by atoms with Gasteiger partial charge in [0.2, 0.25) is 0 Å². The summed E-state index contributed by atoms with van der Waals surface area (Å²) in [4.78, 5) is 18.7. The van der Waals surface area contributed by atoms with Gasteiger partial charge in [-0.05, 0) is 69.6 Å². The van der Waals surface area contributed by atoms with E-state index in [-0.39, 0.29) is 37.2 Å². The van der Waals surface area contributed by atoms with Gasteiger partial charge in [-0.1, -0.05) is 24.3 Å². The second-order valence-corrected chi connectivity index (χ2v) is 9.70. The zero-order valence-electron chi connectivity index (χ0n) is 22.9. The van der Waals surface area contributed by atoms with Gasteiger partial charge in [0.1, 0.15) is 0 Å². The topological polar surface area (TPSA) is 56.7 Å². The molecule has 0 radical (unpaired) electrons. The van der Waals surface area contributed by atoms with Gasteiger partial charge < -0.3 is 19.9 Å². The van der Waals surface area contributed by atoms with Crippen LogP contribution in [0.4, 0.5) is 5.69 Å². The van der Waals surface area contributed by atoms with E-state index in [1.54, 1.807) is 0 Å². The minimum absolute atomic E-state index is 0. The Morgan fingerprint density at radius 1 is 0.923 bits per heavy atom. The van der Waals surface area contributed by atoms with Crippen LogP contribution in [0.25, 0.3) is 22.0 Å². The summed E-state index contributed by atoms with van der Waals surface area (Å²) in [6.45, 7) is 11.5. The second-order valence-electron chi connectivity index (χ2n) is 9.70. The molecular weight excluding hydrogens is 663 g/mol. The molecule has 1 N–H and O–H groups in total. The number of aliphatic hydroxyl groups is 1. The van der Waals surface area contributed by atoms with Crippen molar-refractivity contribution in [2.45, 2.75) is 40.2 Å². The Morgan fingerprint density at radius 3 is 2.13 bits per heavy atom. The number of hydrogen-bond acceptors (Lipinski definition) is 5. The van der Waals surface area contributed by atoms with Crippen LogP contribution < -0.4 is 4.90 Å². The van der Waals surface area contributed by atoms with E-state index in [1.165, 1.54) is 30.7 Å². The number of anilines is 1. The van der Waals surface area contributed by atoms with Crippen LogP contribution >= 0.6 is 0 Å². The number of ketones is 1. The average molecular weight is 697 g/mol. The molecule has 5 nitrogen and oxygen atoms in total. The summed E-state index contributed by atoms with van der Waals surface area (Å²) in [6, 6.07) is 32.6. The van der Waals surface area contributed by atoms with Gasteiger partial charge in [0.15, 0.2) is 5.78 Å². The number of allylic oxidation sites excluding steroid dienone is 2. The number of fused-ring (bicyclic) bond motifs is 1. The molecule has 1 aromatic heterocycles. The van der Waals surface area contributed by atoms with Gasteiger partial charge in [-0.2, -0.15) is 37.0 Å². The van der Waals surface area contributed by atoms with Gasteiger partial charge >= 0.3 is 20.1 Å². The third-order valence-corrected chi connectivity index (χ3v) is 5.43. The van der Waals surface area contributed by atoms with E-state index in [1.807, 2.05) is 72.9 Å². The quantitative estimate of drug-likeness (QED) is 0.135. The van der Waals surface area contributed by atoms with Crippen molar-refractivity contribution in [3.05, 3.63) is 128 Å².